The predicted molar refractivity (Wildman–Crippen MR) is 107 cm³/mol. The Kier molecular flexibility index (Phi) is 7.15. The molecule has 0 saturated heterocycles. The molecule has 0 aliphatic rings. The average Bonchev–Trinajstić information content (AvgIpc) is 3.09. The van der Waals surface area contributed by atoms with E-state index in [2.05, 4.69) is 10.3 Å². The number of aromatic nitrogens is 1. The number of hydrogen-bond acceptors (Lipinski definition) is 6. The Morgan fingerprint density at radius 1 is 1.04 bits per heavy atom. The standard InChI is InChI=1S/C18H18N2O3S.C2H7N/c1-3-19-17-18(20-16(23-17)14-7-5-4-6-8-14)24(21,22)15-11-9-13(2)10-12-15;1-2-3/h4-12,19H,3H2,1-2H3;2-3H2,1H3. The quantitative estimate of drug-likeness (QED) is 0.689. The van der Waals surface area contributed by atoms with E-state index in [1.807, 2.05) is 51.1 Å². The summed E-state index contributed by atoms with van der Waals surface area (Å²) in [5.41, 5.74) is 6.56. The molecule has 1 aromatic heterocycles. The van der Waals surface area contributed by atoms with E-state index in [9.17, 15) is 8.42 Å². The SMILES string of the molecule is CCN.CCNc1oc(-c2ccccc2)nc1S(=O)(=O)c1ccc(C)cc1. The fourth-order valence-electron chi connectivity index (χ4n) is 2.29. The molecule has 0 saturated carbocycles. The van der Waals surface area contributed by atoms with Gasteiger partial charge in [-0.1, -0.05) is 42.8 Å². The zero-order valence-corrected chi connectivity index (χ0v) is 16.6. The Labute approximate surface area is 160 Å². The van der Waals surface area contributed by atoms with Gasteiger partial charge in [0.2, 0.25) is 26.6 Å². The van der Waals surface area contributed by atoms with E-state index in [4.69, 9.17) is 10.2 Å². The molecule has 3 aromatic rings. The van der Waals surface area contributed by atoms with Crippen molar-refractivity contribution in [2.45, 2.75) is 30.7 Å². The van der Waals surface area contributed by atoms with Gasteiger partial charge in [0.15, 0.2) is 0 Å². The molecule has 0 bridgehead atoms. The van der Waals surface area contributed by atoms with E-state index in [1.54, 1.807) is 24.3 Å². The molecule has 7 heteroatoms. The molecular weight excluding hydrogens is 362 g/mol. The summed E-state index contributed by atoms with van der Waals surface area (Å²) < 4.78 is 31.5. The topological polar surface area (TPSA) is 98.2 Å². The van der Waals surface area contributed by atoms with Crippen LogP contribution in [-0.4, -0.2) is 26.5 Å². The van der Waals surface area contributed by atoms with Crippen LogP contribution in [0.5, 0.6) is 0 Å². The van der Waals surface area contributed by atoms with Crippen LogP contribution in [0.25, 0.3) is 11.5 Å². The van der Waals surface area contributed by atoms with Gasteiger partial charge in [0.05, 0.1) is 4.90 Å². The third-order valence-electron chi connectivity index (χ3n) is 3.54. The molecular formula is C20H25N3O3S. The highest BCUT2D eigenvalue weighted by Gasteiger charge is 2.28. The summed E-state index contributed by atoms with van der Waals surface area (Å²) in [6, 6.07) is 15.9. The smallest absolute Gasteiger partial charge is 0.233 e. The Hall–Kier alpha value is -2.64. The van der Waals surface area contributed by atoms with Crippen LogP contribution in [0.4, 0.5) is 5.88 Å². The average molecular weight is 388 g/mol. The van der Waals surface area contributed by atoms with Crippen LogP contribution >= 0.6 is 0 Å². The molecule has 0 aliphatic carbocycles. The number of rotatable bonds is 5. The fraction of sp³-hybridized carbons (Fsp3) is 0.250. The largest absolute Gasteiger partial charge is 0.419 e. The minimum Gasteiger partial charge on any atom is -0.419 e. The van der Waals surface area contributed by atoms with Crippen molar-refractivity contribution in [2.75, 3.05) is 18.4 Å². The van der Waals surface area contributed by atoms with Gasteiger partial charge in [0.1, 0.15) is 0 Å². The number of oxazole rings is 1. The van der Waals surface area contributed by atoms with Crippen LogP contribution in [0.15, 0.2) is 68.9 Å². The van der Waals surface area contributed by atoms with Gasteiger partial charge in [0.25, 0.3) is 0 Å². The van der Waals surface area contributed by atoms with Crippen molar-refractivity contribution in [3.05, 3.63) is 60.2 Å². The van der Waals surface area contributed by atoms with Gasteiger partial charge in [-0.15, -0.1) is 0 Å². The van der Waals surface area contributed by atoms with Gasteiger partial charge in [-0.3, -0.25) is 0 Å². The highest BCUT2D eigenvalue weighted by Crippen LogP contribution is 2.32. The van der Waals surface area contributed by atoms with Crippen LogP contribution in [0.1, 0.15) is 19.4 Å². The second-order valence-electron chi connectivity index (χ2n) is 5.77. The lowest BCUT2D eigenvalue weighted by Gasteiger charge is -2.04. The van der Waals surface area contributed by atoms with Crippen LogP contribution in [0.2, 0.25) is 0 Å². The molecule has 27 heavy (non-hydrogen) atoms. The molecule has 6 nitrogen and oxygen atoms in total. The van der Waals surface area contributed by atoms with Crippen molar-refractivity contribution in [1.82, 2.24) is 4.98 Å². The highest BCUT2D eigenvalue weighted by atomic mass is 32.2. The van der Waals surface area contributed by atoms with Crippen molar-refractivity contribution >= 4 is 15.7 Å². The van der Waals surface area contributed by atoms with E-state index >= 15 is 0 Å². The Morgan fingerprint density at radius 2 is 1.63 bits per heavy atom. The molecule has 0 atom stereocenters. The minimum absolute atomic E-state index is 0.0907. The van der Waals surface area contributed by atoms with Crippen molar-refractivity contribution in [3.8, 4) is 11.5 Å². The summed E-state index contributed by atoms with van der Waals surface area (Å²) in [4.78, 5) is 4.45. The molecule has 144 valence electrons. The summed E-state index contributed by atoms with van der Waals surface area (Å²) in [5.74, 6) is 0.439. The summed E-state index contributed by atoms with van der Waals surface area (Å²) in [5, 5.41) is 2.85. The number of nitrogens with two attached hydrogens (primary N) is 1. The van der Waals surface area contributed by atoms with Crippen molar-refractivity contribution in [2.24, 2.45) is 5.73 Å². The van der Waals surface area contributed by atoms with Gasteiger partial charge in [-0.05, 0) is 44.7 Å². The van der Waals surface area contributed by atoms with Crippen LogP contribution < -0.4 is 11.1 Å². The van der Waals surface area contributed by atoms with Gasteiger partial charge < -0.3 is 15.5 Å². The molecule has 0 amide bonds. The van der Waals surface area contributed by atoms with E-state index in [0.717, 1.165) is 17.7 Å². The lowest BCUT2D eigenvalue weighted by Crippen LogP contribution is -2.07. The first kappa shape index (κ1) is 20.7. The van der Waals surface area contributed by atoms with E-state index in [1.165, 1.54) is 0 Å². The highest BCUT2D eigenvalue weighted by molar-refractivity contribution is 7.91. The normalized spacial score (nSPS) is 10.8. The Morgan fingerprint density at radius 3 is 2.19 bits per heavy atom. The monoisotopic (exact) mass is 387 g/mol. The van der Waals surface area contributed by atoms with Gasteiger partial charge in [-0.25, -0.2) is 8.42 Å². The zero-order valence-electron chi connectivity index (χ0n) is 15.8. The third-order valence-corrected chi connectivity index (χ3v) is 5.22. The molecule has 2 aromatic carbocycles. The first-order valence-corrected chi connectivity index (χ1v) is 10.2. The number of nitrogens with one attached hydrogen (secondary N) is 1. The van der Waals surface area contributed by atoms with Crippen LogP contribution in [0.3, 0.4) is 0 Å². The molecule has 3 rings (SSSR count). The lowest BCUT2D eigenvalue weighted by atomic mass is 10.2. The second-order valence-corrected chi connectivity index (χ2v) is 7.64. The molecule has 0 fully saturated rings. The number of nitrogens with zero attached hydrogens (tertiary/aromatic N) is 1. The van der Waals surface area contributed by atoms with Gasteiger partial charge in [0, 0.05) is 12.1 Å². The molecule has 0 spiro atoms. The first-order valence-electron chi connectivity index (χ1n) is 8.76. The summed E-state index contributed by atoms with van der Waals surface area (Å²) in [6.45, 7) is 6.96. The van der Waals surface area contributed by atoms with Crippen molar-refractivity contribution in [3.63, 3.8) is 0 Å². The molecule has 3 N–H and O–H groups in total. The van der Waals surface area contributed by atoms with Crippen LogP contribution in [-0.2, 0) is 9.84 Å². The lowest BCUT2D eigenvalue weighted by molar-refractivity contribution is 0.578. The predicted octanol–water partition coefficient (Wildman–Crippen LogP) is 3.88. The Balaban J connectivity index is 0.000000817. The zero-order chi connectivity index (χ0) is 19.9. The van der Waals surface area contributed by atoms with Gasteiger partial charge in [-0.2, -0.15) is 4.98 Å². The summed E-state index contributed by atoms with van der Waals surface area (Å²) in [6.07, 6.45) is 0. The van der Waals surface area contributed by atoms with Crippen LogP contribution in [0, 0.1) is 6.92 Å². The number of benzene rings is 2. The number of hydrogen-bond donors (Lipinski definition) is 2. The molecule has 0 aliphatic heterocycles. The maximum absolute atomic E-state index is 12.9. The second kappa shape index (κ2) is 9.34. The first-order chi connectivity index (χ1) is 12.9. The molecule has 1 heterocycles. The third kappa shape index (κ3) is 4.96. The summed E-state index contributed by atoms with van der Waals surface area (Å²) in [7, 11) is -3.76. The number of sulfone groups is 1. The molecule has 0 unspecified atom stereocenters. The minimum atomic E-state index is -3.76. The van der Waals surface area contributed by atoms with Crippen molar-refractivity contribution in [1.29, 1.82) is 0 Å². The van der Waals surface area contributed by atoms with E-state index < -0.39 is 9.84 Å². The van der Waals surface area contributed by atoms with Crippen molar-refractivity contribution < 1.29 is 12.8 Å². The molecule has 0 radical (unpaired) electrons. The maximum Gasteiger partial charge on any atom is 0.233 e. The fourth-order valence-corrected chi connectivity index (χ4v) is 3.57. The number of anilines is 1. The van der Waals surface area contributed by atoms with Gasteiger partial charge >= 0.3 is 0 Å². The van der Waals surface area contributed by atoms with E-state index in [0.29, 0.717) is 6.54 Å². The number of aryl methyl sites for hydroxylation is 1. The maximum atomic E-state index is 12.9. The summed E-state index contributed by atoms with van der Waals surface area (Å²) >= 11 is 0. The van der Waals surface area contributed by atoms with E-state index in [-0.39, 0.29) is 21.7 Å². The Bertz CT molecular complexity index is 950.